The van der Waals surface area contributed by atoms with E-state index in [4.69, 9.17) is 9.47 Å². The number of thioether (sulfide) groups is 1. The van der Waals surface area contributed by atoms with E-state index in [1.807, 2.05) is 31.2 Å². The lowest BCUT2D eigenvalue weighted by atomic mass is 10.1. The van der Waals surface area contributed by atoms with Crippen LogP contribution >= 0.6 is 11.8 Å². The number of carbonyl (C=O) groups excluding carboxylic acids is 1. The van der Waals surface area contributed by atoms with Crippen LogP contribution in [0.1, 0.15) is 15.9 Å². The summed E-state index contributed by atoms with van der Waals surface area (Å²) in [7, 11) is 1.30. The van der Waals surface area contributed by atoms with Crippen LogP contribution in [0.5, 0.6) is 5.75 Å². The summed E-state index contributed by atoms with van der Waals surface area (Å²) in [5.41, 5.74) is 1.52. The first-order valence-corrected chi connectivity index (χ1v) is 10.1. The van der Waals surface area contributed by atoms with Crippen molar-refractivity contribution >= 4 is 28.6 Å². The molecule has 1 N–H and O–H groups in total. The Hall–Kier alpha value is -2.84. The van der Waals surface area contributed by atoms with Gasteiger partial charge in [-0.25, -0.2) is 9.78 Å². The third-order valence-corrected chi connectivity index (χ3v) is 5.27. The van der Waals surface area contributed by atoms with Gasteiger partial charge in [0.1, 0.15) is 5.75 Å². The summed E-state index contributed by atoms with van der Waals surface area (Å²) in [5, 5.41) is 10.2. The number of hydrogen-bond acceptors (Lipinski definition) is 7. The monoisotopic (exact) mass is 414 g/mol. The van der Waals surface area contributed by atoms with Gasteiger partial charge in [-0.2, -0.15) is 0 Å². The van der Waals surface area contributed by atoms with E-state index in [1.165, 1.54) is 29.5 Å². The van der Waals surface area contributed by atoms with Crippen LogP contribution in [-0.4, -0.2) is 46.7 Å². The first kappa shape index (κ1) is 20.9. The predicted octanol–water partition coefficient (Wildman–Crippen LogP) is 2.65. The summed E-state index contributed by atoms with van der Waals surface area (Å²) >= 11 is 1.36. The van der Waals surface area contributed by atoms with Crippen LogP contribution in [0.15, 0.2) is 52.4 Å². The van der Waals surface area contributed by atoms with Crippen LogP contribution in [0.4, 0.5) is 0 Å². The normalized spacial score (nSPS) is 10.9. The number of methoxy groups -OCH3 is 1. The number of hydrogen-bond donors (Lipinski definition) is 1. The summed E-state index contributed by atoms with van der Waals surface area (Å²) in [6.45, 7) is 2.37. The molecule has 0 amide bonds. The molecule has 0 saturated carbocycles. The number of ether oxygens (including phenoxy) is 2. The zero-order valence-corrected chi connectivity index (χ0v) is 17.1. The van der Waals surface area contributed by atoms with Crippen LogP contribution in [-0.2, 0) is 11.3 Å². The second-order valence-corrected chi connectivity index (χ2v) is 7.32. The summed E-state index contributed by atoms with van der Waals surface area (Å²) in [6, 6.07) is 12.4. The van der Waals surface area contributed by atoms with Crippen LogP contribution in [0.3, 0.4) is 0 Å². The molecule has 2 aromatic carbocycles. The average molecular weight is 414 g/mol. The molecular formula is C21H22N2O5S. The highest BCUT2D eigenvalue weighted by molar-refractivity contribution is 7.99. The zero-order chi connectivity index (χ0) is 20.8. The van der Waals surface area contributed by atoms with E-state index in [2.05, 4.69) is 4.98 Å². The summed E-state index contributed by atoms with van der Waals surface area (Å²) < 4.78 is 12.0. The SMILES string of the molecule is COC(=O)c1ccc2c(=O)n(CCO)c(SCCOc3ccccc3C)nc2c1. The maximum absolute atomic E-state index is 12.8. The second-order valence-electron chi connectivity index (χ2n) is 6.26. The molecule has 0 aliphatic heterocycles. The Balaban J connectivity index is 1.84. The molecule has 0 bridgehead atoms. The number of carbonyl (C=O) groups is 1. The van der Waals surface area contributed by atoms with Gasteiger partial charge in [0, 0.05) is 5.75 Å². The zero-order valence-electron chi connectivity index (χ0n) is 16.3. The van der Waals surface area contributed by atoms with Crippen molar-refractivity contribution in [2.45, 2.75) is 18.6 Å². The molecule has 0 fully saturated rings. The molecule has 0 aliphatic carbocycles. The summed E-state index contributed by atoms with van der Waals surface area (Å²) in [4.78, 5) is 29.2. The minimum Gasteiger partial charge on any atom is -0.492 e. The van der Waals surface area contributed by atoms with Crippen molar-refractivity contribution in [2.24, 2.45) is 0 Å². The Labute approximate surface area is 172 Å². The number of aromatic nitrogens is 2. The molecule has 0 saturated heterocycles. The largest absolute Gasteiger partial charge is 0.492 e. The minimum atomic E-state index is -0.492. The standard InChI is InChI=1S/C21H22N2O5S/c1-14-5-3-4-6-18(14)28-11-12-29-21-22-17-13-15(20(26)27-2)7-8-16(17)19(25)23(21)9-10-24/h3-8,13,24H,9-12H2,1-2H3. The first-order chi connectivity index (χ1) is 14.0. The van der Waals surface area contributed by atoms with Gasteiger partial charge in [0.2, 0.25) is 0 Å². The maximum atomic E-state index is 12.8. The fourth-order valence-corrected chi connectivity index (χ4v) is 3.70. The molecule has 0 spiro atoms. The van der Waals surface area contributed by atoms with Gasteiger partial charge in [0.05, 0.1) is 43.3 Å². The fraction of sp³-hybridized carbons (Fsp3) is 0.286. The Morgan fingerprint density at radius 1 is 1.24 bits per heavy atom. The number of para-hydroxylation sites is 1. The molecule has 0 unspecified atom stereocenters. The molecule has 3 aromatic rings. The van der Waals surface area contributed by atoms with Crippen molar-refractivity contribution in [3.63, 3.8) is 0 Å². The molecule has 0 atom stereocenters. The van der Waals surface area contributed by atoms with Gasteiger partial charge in [-0.15, -0.1) is 0 Å². The van der Waals surface area contributed by atoms with E-state index in [0.717, 1.165) is 11.3 Å². The number of fused-ring (bicyclic) bond motifs is 1. The Kier molecular flexibility index (Phi) is 6.90. The van der Waals surface area contributed by atoms with E-state index < -0.39 is 5.97 Å². The number of esters is 1. The van der Waals surface area contributed by atoms with E-state index >= 15 is 0 Å². The minimum absolute atomic E-state index is 0.140. The number of benzene rings is 2. The number of aliphatic hydroxyl groups excluding tert-OH is 1. The van der Waals surface area contributed by atoms with Crippen LogP contribution in [0, 0.1) is 6.92 Å². The van der Waals surface area contributed by atoms with Crippen molar-refractivity contribution in [3.8, 4) is 5.75 Å². The average Bonchev–Trinajstić information content (AvgIpc) is 2.74. The molecule has 29 heavy (non-hydrogen) atoms. The molecule has 0 radical (unpaired) electrons. The van der Waals surface area contributed by atoms with Gasteiger partial charge in [-0.1, -0.05) is 30.0 Å². The van der Waals surface area contributed by atoms with Crippen molar-refractivity contribution in [1.29, 1.82) is 0 Å². The fourth-order valence-electron chi connectivity index (χ4n) is 2.86. The number of nitrogens with zero attached hydrogens (tertiary/aromatic N) is 2. The molecular weight excluding hydrogens is 392 g/mol. The van der Waals surface area contributed by atoms with E-state index in [9.17, 15) is 14.7 Å². The molecule has 7 nitrogen and oxygen atoms in total. The smallest absolute Gasteiger partial charge is 0.337 e. The molecule has 0 aliphatic rings. The van der Waals surface area contributed by atoms with Gasteiger partial charge in [0.25, 0.3) is 5.56 Å². The topological polar surface area (TPSA) is 90.7 Å². The molecule has 1 heterocycles. The number of rotatable bonds is 8. The summed E-state index contributed by atoms with van der Waals surface area (Å²) in [6.07, 6.45) is 0. The summed E-state index contributed by atoms with van der Waals surface area (Å²) in [5.74, 6) is 0.887. The highest BCUT2D eigenvalue weighted by Crippen LogP contribution is 2.21. The molecule has 3 rings (SSSR count). The second kappa shape index (κ2) is 9.58. The van der Waals surface area contributed by atoms with Crippen molar-refractivity contribution in [2.75, 3.05) is 26.1 Å². The van der Waals surface area contributed by atoms with E-state index in [-0.39, 0.29) is 18.7 Å². The third-order valence-electron chi connectivity index (χ3n) is 4.33. The Bertz CT molecular complexity index is 1080. The van der Waals surface area contributed by atoms with Crippen LogP contribution < -0.4 is 10.3 Å². The maximum Gasteiger partial charge on any atom is 0.337 e. The van der Waals surface area contributed by atoms with Gasteiger partial charge in [-0.3, -0.25) is 9.36 Å². The quantitative estimate of drug-likeness (QED) is 0.262. The Morgan fingerprint density at radius 2 is 2.03 bits per heavy atom. The van der Waals surface area contributed by atoms with Gasteiger partial charge in [0.15, 0.2) is 5.16 Å². The highest BCUT2D eigenvalue weighted by Gasteiger charge is 2.14. The van der Waals surface area contributed by atoms with Crippen LogP contribution in [0.2, 0.25) is 0 Å². The van der Waals surface area contributed by atoms with E-state index in [1.54, 1.807) is 12.1 Å². The van der Waals surface area contributed by atoms with Crippen LogP contribution in [0.25, 0.3) is 10.9 Å². The molecule has 152 valence electrons. The third kappa shape index (κ3) is 4.78. The Morgan fingerprint density at radius 3 is 2.76 bits per heavy atom. The van der Waals surface area contributed by atoms with Gasteiger partial charge >= 0.3 is 5.97 Å². The lowest BCUT2D eigenvalue weighted by Gasteiger charge is -2.13. The molecule has 8 heteroatoms. The predicted molar refractivity (Wildman–Crippen MR) is 112 cm³/mol. The highest BCUT2D eigenvalue weighted by atomic mass is 32.2. The van der Waals surface area contributed by atoms with Crippen molar-refractivity contribution in [3.05, 3.63) is 63.9 Å². The van der Waals surface area contributed by atoms with Crippen molar-refractivity contribution < 1.29 is 19.4 Å². The van der Waals surface area contributed by atoms with E-state index in [0.29, 0.717) is 34.0 Å². The van der Waals surface area contributed by atoms with Gasteiger partial charge in [-0.05, 0) is 36.8 Å². The van der Waals surface area contributed by atoms with Gasteiger partial charge < -0.3 is 14.6 Å². The number of aryl methyl sites for hydroxylation is 1. The lowest BCUT2D eigenvalue weighted by Crippen LogP contribution is -2.25. The number of aliphatic hydroxyl groups is 1. The lowest BCUT2D eigenvalue weighted by molar-refractivity contribution is 0.0601. The first-order valence-electron chi connectivity index (χ1n) is 9.10. The van der Waals surface area contributed by atoms with Crippen molar-refractivity contribution in [1.82, 2.24) is 9.55 Å². The molecule has 1 aromatic heterocycles.